The SMILES string of the molecule is [N-]=[N+]=NCC(O)C(O)c1cc(F)c(F)cc1O. The molecular weight excluding hydrogens is 236 g/mol. The molecule has 0 aromatic heterocycles. The van der Waals surface area contributed by atoms with Gasteiger partial charge in [-0.15, -0.1) is 0 Å². The molecule has 1 rings (SSSR count). The number of hydrogen-bond donors (Lipinski definition) is 3. The number of aliphatic hydroxyl groups excluding tert-OH is 2. The Bertz CT molecular complexity index is 463. The highest BCUT2D eigenvalue weighted by Gasteiger charge is 2.22. The summed E-state index contributed by atoms with van der Waals surface area (Å²) in [5, 5.41) is 31.2. The van der Waals surface area contributed by atoms with E-state index in [2.05, 4.69) is 10.0 Å². The maximum atomic E-state index is 12.9. The Labute approximate surface area is 94.4 Å². The summed E-state index contributed by atoms with van der Waals surface area (Å²) in [6.07, 6.45) is -3.21. The van der Waals surface area contributed by atoms with Gasteiger partial charge in [0.05, 0.1) is 12.6 Å². The summed E-state index contributed by atoms with van der Waals surface area (Å²) in [7, 11) is 0. The van der Waals surface area contributed by atoms with Crippen molar-refractivity contribution in [2.75, 3.05) is 6.54 Å². The molecule has 0 saturated heterocycles. The van der Waals surface area contributed by atoms with E-state index in [-0.39, 0.29) is 5.56 Å². The lowest BCUT2D eigenvalue weighted by atomic mass is 10.0. The Morgan fingerprint density at radius 3 is 2.47 bits per heavy atom. The lowest BCUT2D eigenvalue weighted by molar-refractivity contribution is 0.0227. The molecule has 0 fully saturated rings. The number of hydrogen-bond acceptors (Lipinski definition) is 4. The molecule has 0 radical (unpaired) electrons. The second-order valence-electron chi connectivity index (χ2n) is 3.25. The lowest BCUT2D eigenvalue weighted by Gasteiger charge is -2.17. The largest absolute Gasteiger partial charge is 0.507 e. The van der Waals surface area contributed by atoms with Crippen LogP contribution in [0.4, 0.5) is 8.78 Å². The third-order valence-electron chi connectivity index (χ3n) is 2.08. The number of phenols is 1. The van der Waals surface area contributed by atoms with Crippen LogP contribution < -0.4 is 0 Å². The number of halogens is 2. The molecule has 0 aliphatic heterocycles. The average molecular weight is 245 g/mol. The Morgan fingerprint density at radius 2 is 1.88 bits per heavy atom. The van der Waals surface area contributed by atoms with Gasteiger partial charge in [0.2, 0.25) is 0 Å². The molecule has 92 valence electrons. The summed E-state index contributed by atoms with van der Waals surface area (Å²) < 4.78 is 25.6. The summed E-state index contributed by atoms with van der Waals surface area (Å²) in [6, 6.07) is 1.04. The first kappa shape index (κ1) is 13.2. The molecule has 0 saturated carbocycles. The summed E-state index contributed by atoms with van der Waals surface area (Å²) in [5.74, 6) is -3.24. The van der Waals surface area contributed by atoms with E-state index in [1.807, 2.05) is 0 Å². The first-order valence-corrected chi connectivity index (χ1v) is 4.52. The smallest absolute Gasteiger partial charge is 0.162 e. The molecule has 0 aliphatic carbocycles. The number of benzene rings is 1. The molecule has 1 aromatic carbocycles. The quantitative estimate of drug-likeness (QED) is 0.423. The molecule has 0 amide bonds. The molecule has 2 unspecified atom stereocenters. The van der Waals surface area contributed by atoms with Gasteiger partial charge in [-0.3, -0.25) is 0 Å². The fourth-order valence-corrected chi connectivity index (χ4v) is 1.22. The molecule has 1 aromatic rings. The number of aromatic hydroxyl groups is 1. The number of azide groups is 1. The second-order valence-corrected chi connectivity index (χ2v) is 3.25. The standard InChI is InChI=1S/C9H9F2N3O3/c10-5-1-4(7(15)2-6(5)11)9(17)8(16)3-13-14-12/h1-2,8-9,15-17H,3H2. The average Bonchev–Trinajstić information content (AvgIpc) is 2.29. The van der Waals surface area contributed by atoms with Gasteiger partial charge in [-0.25, -0.2) is 8.78 Å². The van der Waals surface area contributed by atoms with Crippen LogP contribution in [0.25, 0.3) is 10.4 Å². The van der Waals surface area contributed by atoms with E-state index in [0.29, 0.717) is 12.1 Å². The Balaban J connectivity index is 2.99. The van der Waals surface area contributed by atoms with Crippen LogP contribution in [0.3, 0.4) is 0 Å². The van der Waals surface area contributed by atoms with Gasteiger partial charge in [0, 0.05) is 16.5 Å². The van der Waals surface area contributed by atoms with Crippen molar-refractivity contribution in [1.29, 1.82) is 0 Å². The van der Waals surface area contributed by atoms with Crippen LogP contribution in [0.1, 0.15) is 11.7 Å². The van der Waals surface area contributed by atoms with Crippen LogP contribution in [0.15, 0.2) is 17.2 Å². The summed E-state index contributed by atoms with van der Waals surface area (Å²) >= 11 is 0. The number of aliphatic hydroxyl groups is 2. The van der Waals surface area contributed by atoms with Gasteiger partial charge in [0.15, 0.2) is 11.6 Å². The Kier molecular flexibility index (Phi) is 4.22. The van der Waals surface area contributed by atoms with Crippen molar-refractivity contribution in [1.82, 2.24) is 0 Å². The minimum atomic E-state index is -1.68. The van der Waals surface area contributed by atoms with E-state index in [0.717, 1.165) is 0 Å². The van der Waals surface area contributed by atoms with Gasteiger partial charge in [0.1, 0.15) is 11.9 Å². The van der Waals surface area contributed by atoms with Crippen LogP contribution in [0.5, 0.6) is 5.75 Å². The molecule has 0 heterocycles. The number of nitrogens with zero attached hydrogens (tertiary/aromatic N) is 3. The zero-order chi connectivity index (χ0) is 13.0. The van der Waals surface area contributed by atoms with E-state index in [4.69, 9.17) is 5.53 Å². The van der Waals surface area contributed by atoms with Crippen LogP contribution in [-0.2, 0) is 0 Å². The Hall–Kier alpha value is -1.89. The highest BCUT2D eigenvalue weighted by atomic mass is 19.2. The zero-order valence-corrected chi connectivity index (χ0v) is 8.46. The third kappa shape index (κ3) is 3.04. The first-order valence-electron chi connectivity index (χ1n) is 4.52. The van der Waals surface area contributed by atoms with Gasteiger partial charge in [-0.05, 0) is 11.6 Å². The molecule has 0 spiro atoms. The number of phenolic OH excluding ortho intramolecular Hbond substituents is 1. The van der Waals surface area contributed by atoms with Crippen LogP contribution in [0.2, 0.25) is 0 Å². The molecule has 3 N–H and O–H groups in total. The predicted molar refractivity (Wildman–Crippen MR) is 53.0 cm³/mol. The van der Waals surface area contributed by atoms with Crippen LogP contribution in [0, 0.1) is 11.6 Å². The van der Waals surface area contributed by atoms with E-state index >= 15 is 0 Å². The maximum absolute atomic E-state index is 12.9. The summed E-state index contributed by atoms with van der Waals surface area (Å²) in [6.45, 7) is -0.462. The first-order chi connectivity index (χ1) is 7.97. The van der Waals surface area contributed by atoms with Crippen molar-refractivity contribution < 1.29 is 24.1 Å². The van der Waals surface area contributed by atoms with Gasteiger partial charge < -0.3 is 15.3 Å². The van der Waals surface area contributed by atoms with Crippen molar-refractivity contribution in [3.05, 3.63) is 39.8 Å². The van der Waals surface area contributed by atoms with Crippen LogP contribution >= 0.6 is 0 Å². The minimum Gasteiger partial charge on any atom is -0.507 e. The lowest BCUT2D eigenvalue weighted by Crippen LogP contribution is -2.21. The van der Waals surface area contributed by atoms with Crippen molar-refractivity contribution in [3.8, 4) is 5.75 Å². The van der Waals surface area contributed by atoms with Gasteiger partial charge in [0.25, 0.3) is 0 Å². The molecule has 0 bridgehead atoms. The van der Waals surface area contributed by atoms with E-state index in [9.17, 15) is 24.1 Å². The van der Waals surface area contributed by atoms with E-state index in [1.54, 1.807) is 0 Å². The fraction of sp³-hybridized carbons (Fsp3) is 0.333. The van der Waals surface area contributed by atoms with Gasteiger partial charge in [-0.1, -0.05) is 5.11 Å². The number of rotatable bonds is 4. The predicted octanol–water partition coefficient (Wildman–Crippen LogP) is 1.38. The summed E-state index contributed by atoms with van der Waals surface area (Å²) in [4.78, 5) is 2.36. The molecule has 8 heteroatoms. The fourth-order valence-electron chi connectivity index (χ4n) is 1.22. The highest BCUT2D eigenvalue weighted by Crippen LogP contribution is 2.28. The minimum absolute atomic E-state index is 0.385. The zero-order valence-electron chi connectivity index (χ0n) is 8.46. The molecule has 6 nitrogen and oxygen atoms in total. The molecule has 0 aliphatic rings. The molecule has 2 atom stereocenters. The maximum Gasteiger partial charge on any atom is 0.162 e. The van der Waals surface area contributed by atoms with Crippen molar-refractivity contribution >= 4 is 0 Å². The van der Waals surface area contributed by atoms with Crippen LogP contribution in [-0.4, -0.2) is 28.0 Å². The van der Waals surface area contributed by atoms with Crippen molar-refractivity contribution in [2.24, 2.45) is 5.11 Å². The second kappa shape index (κ2) is 5.44. The Morgan fingerprint density at radius 1 is 1.29 bits per heavy atom. The van der Waals surface area contributed by atoms with Crippen molar-refractivity contribution in [2.45, 2.75) is 12.2 Å². The molecular formula is C9H9F2N3O3. The van der Waals surface area contributed by atoms with Crippen molar-refractivity contribution in [3.63, 3.8) is 0 Å². The third-order valence-corrected chi connectivity index (χ3v) is 2.08. The highest BCUT2D eigenvalue weighted by molar-refractivity contribution is 5.35. The normalized spacial score (nSPS) is 13.9. The van der Waals surface area contributed by atoms with Gasteiger partial charge >= 0.3 is 0 Å². The monoisotopic (exact) mass is 245 g/mol. The van der Waals surface area contributed by atoms with E-state index in [1.165, 1.54) is 0 Å². The van der Waals surface area contributed by atoms with Gasteiger partial charge in [-0.2, -0.15) is 0 Å². The summed E-state index contributed by atoms with van der Waals surface area (Å²) in [5.41, 5.74) is 7.62. The van der Waals surface area contributed by atoms with E-state index < -0.39 is 36.1 Å². The topological polar surface area (TPSA) is 109 Å². The molecule has 17 heavy (non-hydrogen) atoms.